The van der Waals surface area contributed by atoms with Crippen LogP contribution >= 0.6 is 0 Å². The van der Waals surface area contributed by atoms with Crippen LogP contribution in [0.15, 0.2) is 58.3 Å². The molecule has 0 heterocycles. The topological polar surface area (TPSA) is 142 Å². The molecule has 172 valence electrons. The van der Waals surface area contributed by atoms with Crippen LogP contribution in [0, 0.1) is 18.3 Å². The van der Waals surface area contributed by atoms with Crippen molar-refractivity contribution in [2.75, 3.05) is 13.7 Å². The number of nitrogens with zero attached hydrogens (tertiary/aromatic N) is 1. The second kappa shape index (κ2) is 11.2. The molecule has 0 saturated carbocycles. The Bertz CT molecular complexity index is 1170. The number of rotatable bonds is 11. The molecule has 0 aliphatic carbocycles. The minimum atomic E-state index is -3.92. The lowest BCUT2D eigenvalue weighted by molar-refractivity contribution is -0.142. The number of ether oxygens (including phenoxy) is 1. The summed E-state index contributed by atoms with van der Waals surface area (Å²) in [4.78, 5) is 12.1. The Labute approximate surface area is 188 Å². The average molecular weight is 480 g/mol. The molecule has 0 saturated heterocycles. The number of hydrogen-bond donors (Lipinski definition) is 2. The molecule has 2 aromatic carbocycles. The molecule has 0 aliphatic rings. The SMILES string of the molecule is COC(=O)C(CCCCNS(=O)(=O)c1ccc(C#N)cc1)NS(=O)(=O)c1ccc(C)cc1. The van der Waals surface area contributed by atoms with E-state index in [4.69, 9.17) is 10.00 Å². The fourth-order valence-corrected chi connectivity index (χ4v) is 5.11. The zero-order valence-electron chi connectivity index (χ0n) is 17.7. The second-order valence-electron chi connectivity index (χ2n) is 7.04. The molecule has 2 rings (SSSR count). The van der Waals surface area contributed by atoms with E-state index in [9.17, 15) is 21.6 Å². The van der Waals surface area contributed by atoms with Crippen LogP contribution in [0.2, 0.25) is 0 Å². The predicted octanol–water partition coefficient (Wildman–Crippen LogP) is 1.84. The molecule has 0 radical (unpaired) electrons. The van der Waals surface area contributed by atoms with E-state index >= 15 is 0 Å². The van der Waals surface area contributed by atoms with Gasteiger partial charge < -0.3 is 4.74 Å². The standard InChI is InChI=1S/C21H25N3O6S2/c1-16-6-10-19(11-7-16)32(28,29)24-20(21(25)30-2)5-3-4-14-23-31(26,27)18-12-8-17(15-22)9-13-18/h6-13,20,23-24H,3-5,14H2,1-2H3. The average Bonchev–Trinajstić information content (AvgIpc) is 2.77. The van der Waals surface area contributed by atoms with Crippen molar-refractivity contribution in [3.05, 3.63) is 59.7 Å². The van der Waals surface area contributed by atoms with Gasteiger partial charge in [0.25, 0.3) is 0 Å². The van der Waals surface area contributed by atoms with Crippen LogP contribution in [0.4, 0.5) is 0 Å². The van der Waals surface area contributed by atoms with Crippen molar-refractivity contribution in [2.24, 2.45) is 0 Å². The van der Waals surface area contributed by atoms with Crippen molar-refractivity contribution in [2.45, 2.75) is 42.0 Å². The van der Waals surface area contributed by atoms with Gasteiger partial charge in [0.15, 0.2) is 0 Å². The largest absolute Gasteiger partial charge is 0.468 e. The molecule has 11 heteroatoms. The molecule has 0 bridgehead atoms. The quantitative estimate of drug-likeness (QED) is 0.370. The molecular weight excluding hydrogens is 454 g/mol. The van der Waals surface area contributed by atoms with Crippen LogP contribution in [0.3, 0.4) is 0 Å². The van der Waals surface area contributed by atoms with Crippen LogP contribution in [0.25, 0.3) is 0 Å². The van der Waals surface area contributed by atoms with Gasteiger partial charge in [-0.25, -0.2) is 21.6 Å². The Kier molecular flexibility index (Phi) is 8.91. The van der Waals surface area contributed by atoms with E-state index in [0.29, 0.717) is 18.4 Å². The summed E-state index contributed by atoms with van der Waals surface area (Å²) in [6.07, 6.45) is 0.873. The van der Waals surface area contributed by atoms with E-state index in [2.05, 4.69) is 9.44 Å². The van der Waals surface area contributed by atoms with E-state index in [-0.39, 0.29) is 22.8 Å². The monoisotopic (exact) mass is 479 g/mol. The molecule has 32 heavy (non-hydrogen) atoms. The van der Waals surface area contributed by atoms with Gasteiger partial charge in [0.2, 0.25) is 20.0 Å². The highest BCUT2D eigenvalue weighted by atomic mass is 32.2. The van der Waals surface area contributed by atoms with Crippen LogP contribution in [0.1, 0.15) is 30.4 Å². The van der Waals surface area contributed by atoms with Crippen LogP contribution < -0.4 is 9.44 Å². The molecule has 1 unspecified atom stereocenters. The third kappa shape index (κ3) is 7.13. The van der Waals surface area contributed by atoms with Crippen molar-refractivity contribution in [1.29, 1.82) is 5.26 Å². The Morgan fingerprint density at radius 3 is 2.09 bits per heavy atom. The third-order valence-electron chi connectivity index (χ3n) is 4.62. The smallest absolute Gasteiger partial charge is 0.323 e. The molecular formula is C21H25N3O6S2. The summed E-state index contributed by atoms with van der Waals surface area (Å²) in [6.45, 7) is 1.93. The van der Waals surface area contributed by atoms with Gasteiger partial charge in [-0.05, 0) is 62.6 Å². The number of sulfonamides is 2. The van der Waals surface area contributed by atoms with E-state index in [1.165, 1.54) is 43.5 Å². The second-order valence-corrected chi connectivity index (χ2v) is 10.5. The fourth-order valence-electron chi connectivity index (χ4n) is 2.81. The highest BCUT2D eigenvalue weighted by molar-refractivity contribution is 7.89. The van der Waals surface area contributed by atoms with Gasteiger partial charge in [0, 0.05) is 6.54 Å². The maximum absolute atomic E-state index is 12.6. The van der Waals surface area contributed by atoms with Gasteiger partial charge >= 0.3 is 5.97 Å². The van der Waals surface area contributed by atoms with Gasteiger partial charge in [-0.2, -0.15) is 9.98 Å². The number of nitrogens with one attached hydrogen (secondary N) is 2. The lowest BCUT2D eigenvalue weighted by atomic mass is 10.1. The Balaban J connectivity index is 1.91. The maximum Gasteiger partial charge on any atom is 0.323 e. The number of carbonyl (C=O) groups excluding carboxylic acids is 1. The fraction of sp³-hybridized carbons (Fsp3) is 0.333. The summed E-state index contributed by atoms with van der Waals surface area (Å²) in [7, 11) is -6.49. The molecule has 0 aliphatic heterocycles. The van der Waals surface area contributed by atoms with Gasteiger partial charge in [-0.1, -0.05) is 17.7 Å². The molecule has 0 spiro atoms. The number of aryl methyl sites for hydroxylation is 1. The van der Waals surface area contributed by atoms with Crippen molar-refractivity contribution in [3.63, 3.8) is 0 Å². The Morgan fingerprint density at radius 2 is 1.53 bits per heavy atom. The zero-order valence-corrected chi connectivity index (χ0v) is 19.4. The minimum absolute atomic E-state index is 0.0344. The first kappa shape index (κ1) is 25.5. The minimum Gasteiger partial charge on any atom is -0.468 e. The first-order chi connectivity index (χ1) is 15.1. The van der Waals surface area contributed by atoms with Crippen molar-refractivity contribution in [1.82, 2.24) is 9.44 Å². The van der Waals surface area contributed by atoms with Gasteiger partial charge in [0.1, 0.15) is 6.04 Å². The summed E-state index contributed by atoms with van der Waals surface area (Å²) >= 11 is 0. The molecule has 0 aromatic heterocycles. The highest BCUT2D eigenvalue weighted by Crippen LogP contribution is 2.14. The number of carbonyl (C=O) groups is 1. The van der Waals surface area contributed by atoms with Crippen molar-refractivity contribution >= 4 is 26.0 Å². The van der Waals surface area contributed by atoms with Crippen LogP contribution in [-0.2, 0) is 29.6 Å². The third-order valence-corrected chi connectivity index (χ3v) is 7.58. The zero-order chi connectivity index (χ0) is 23.8. The van der Waals surface area contributed by atoms with Crippen molar-refractivity contribution < 1.29 is 26.4 Å². The lowest BCUT2D eigenvalue weighted by Crippen LogP contribution is -2.41. The van der Waals surface area contributed by atoms with E-state index in [1.54, 1.807) is 12.1 Å². The normalized spacial score (nSPS) is 12.7. The summed E-state index contributed by atoms with van der Waals surface area (Å²) in [5.41, 5.74) is 1.25. The number of nitriles is 1. The molecule has 0 amide bonds. The van der Waals surface area contributed by atoms with Gasteiger partial charge in [-0.3, -0.25) is 4.79 Å². The first-order valence-electron chi connectivity index (χ1n) is 9.76. The number of unbranched alkanes of at least 4 members (excludes halogenated alkanes) is 1. The maximum atomic E-state index is 12.6. The Hall–Kier alpha value is -2.78. The van der Waals surface area contributed by atoms with Gasteiger partial charge in [-0.15, -0.1) is 0 Å². The number of methoxy groups -OCH3 is 1. The molecule has 2 N–H and O–H groups in total. The van der Waals surface area contributed by atoms with Crippen LogP contribution in [0.5, 0.6) is 0 Å². The van der Waals surface area contributed by atoms with E-state index in [0.717, 1.165) is 5.56 Å². The van der Waals surface area contributed by atoms with Crippen LogP contribution in [-0.4, -0.2) is 42.5 Å². The van der Waals surface area contributed by atoms with E-state index in [1.807, 2.05) is 13.0 Å². The molecule has 2 aromatic rings. The molecule has 1 atom stereocenters. The van der Waals surface area contributed by atoms with Gasteiger partial charge in [0.05, 0.1) is 28.5 Å². The number of benzene rings is 2. The lowest BCUT2D eigenvalue weighted by Gasteiger charge is -2.17. The first-order valence-corrected chi connectivity index (χ1v) is 12.7. The summed E-state index contributed by atoms with van der Waals surface area (Å²) in [6, 6.07) is 12.5. The Morgan fingerprint density at radius 1 is 0.969 bits per heavy atom. The number of esters is 1. The molecule has 0 fully saturated rings. The summed E-state index contributed by atoms with van der Waals surface area (Å²) < 4.78 is 59.2. The summed E-state index contributed by atoms with van der Waals surface area (Å²) in [5.74, 6) is -0.723. The molecule has 9 nitrogen and oxygen atoms in total. The highest BCUT2D eigenvalue weighted by Gasteiger charge is 2.26. The van der Waals surface area contributed by atoms with Crippen molar-refractivity contribution in [3.8, 4) is 6.07 Å². The number of hydrogen-bond acceptors (Lipinski definition) is 7. The summed E-state index contributed by atoms with van der Waals surface area (Å²) in [5, 5.41) is 8.79. The van der Waals surface area contributed by atoms with E-state index < -0.39 is 32.1 Å². The predicted molar refractivity (Wildman–Crippen MR) is 118 cm³/mol.